The molecule has 1 saturated carbocycles. The number of hydrogen-bond acceptors (Lipinski definition) is 5. The average Bonchev–Trinajstić information content (AvgIpc) is 3.49. The molecule has 9 heteroatoms. The normalized spacial score (nSPS) is 13.4. The number of benzene rings is 1. The quantitative estimate of drug-likeness (QED) is 0.312. The Kier molecular flexibility index (Phi) is 5.15. The Balaban J connectivity index is 1.10. The van der Waals surface area contributed by atoms with Gasteiger partial charge >= 0.3 is 0 Å². The smallest absolute Gasteiger partial charge is 0.231 e. The SMILES string of the molecule is O=C(Cc1[nH]nc2ccc(Cl)cc12)Nc1cc(NCc2cn3cc(C4CC4)ccc3n2)ccn1. The van der Waals surface area contributed by atoms with Gasteiger partial charge in [0.25, 0.3) is 0 Å². The molecular formula is C25H22ClN7O. The van der Waals surface area contributed by atoms with Crippen molar-refractivity contribution in [1.29, 1.82) is 0 Å². The molecule has 0 radical (unpaired) electrons. The molecule has 1 aliphatic rings. The van der Waals surface area contributed by atoms with E-state index in [0.29, 0.717) is 29.0 Å². The highest BCUT2D eigenvalue weighted by Crippen LogP contribution is 2.39. The van der Waals surface area contributed by atoms with Crippen LogP contribution in [0.15, 0.2) is 61.1 Å². The summed E-state index contributed by atoms with van der Waals surface area (Å²) in [4.78, 5) is 21.6. The number of carbonyl (C=O) groups excluding carboxylic acids is 1. The number of carbonyl (C=O) groups is 1. The molecule has 0 atom stereocenters. The van der Waals surface area contributed by atoms with Crippen LogP contribution >= 0.6 is 11.6 Å². The van der Waals surface area contributed by atoms with Crippen molar-refractivity contribution in [2.75, 3.05) is 10.6 Å². The van der Waals surface area contributed by atoms with Gasteiger partial charge in [0.05, 0.1) is 29.9 Å². The summed E-state index contributed by atoms with van der Waals surface area (Å²) >= 11 is 6.09. The Labute approximate surface area is 200 Å². The largest absolute Gasteiger partial charge is 0.379 e. The molecule has 170 valence electrons. The zero-order valence-corrected chi connectivity index (χ0v) is 19.0. The van der Waals surface area contributed by atoms with E-state index in [9.17, 15) is 4.79 Å². The molecule has 5 aromatic rings. The number of halogens is 1. The van der Waals surface area contributed by atoms with Crippen molar-refractivity contribution in [2.45, 2.75) is 31.7 Å². The van der Waals surface area contributed by atoms with Crippen LogP contribution < -0.4 is 10.6 Å². The molecule has 3 N–H and O–H groups in total. The fourth-order valence-electron chi connectivity index (χ4n) is 4.12. The molecule has 1 amide bonds. The average molecular weight is 472 g/mol. The summed E-state index contributed by atoms with van der Waals surface area (Å²) in [6.45, 7) is 0.568. The number of imidazole rings is 1. The minimum Gasteiger partial charge on any atom is -0.379 e. The second kappa shape index (κ2) is 8.46. The summed E-state index contributed by atoms with van der Waals surface area (Å²) < 4.78 is 2.09. The van der Waals surface area contributed by atoms with Gasteiger partial charge in [-0.3, -0.25) is 9.89 Å². The van der Waals surface area contributed by atoms with E-state index in [-0.39, 0.29) is 12.3 Å². The lowest BCUT2D eigenvalue weighted by molar-refractivity contribution is -0.115. The Morgan fingerprint density at radius 1 is 1.15 bits per heavy atom. The van der Waals surface area contributed by atoms with E-state index in [1.54, 1.807) is 24.4 Å². The van der Waals surface area contributed by atoms with Crippen LogP contribution in [0.5, 0.6) is 0 Å². The Hall–Kier alpha value is -3.91. The number of fused-ring (bicyclic) bond motifs is 2. The lowest BCUT2D eigenvalue weighted by atomic mass is 10.1. The lowest BCUT2D eigenvalue weighted by Crippen LogP contribution is -2.16. The zero-order chi connectivity index (χ0) is 23.1. The van der Waals surface area contributed by atoms with E-state index < -0.39 is 0 Å². The number of aromatic nitrogens is 5. The van der Waals surface area contributed by atoms with Gasteiger partial charge in [-0.15, -0.1) is 0 Å². The van der Waals surface area contributed by atoms with E-state index >= 15 is 0 Å². The van der Waals surface area contributed by atoms with Crippen LogP contribution in [0.1, 0.15) is 35.7 Å². The standard InChI is InChI=1S/C25H22ClN7O/c26-17-4-5-21-20(9-17)22(32-31-21)11-25(34)30-23-10-18(7-8-27-23)28-12-19-14-33-13-16(15-1-2-15)3-6-24(33)29-19/h3-10,13-15H,1-2,11-12H2,(H,31,32)(H2,27,28,30,34). The lowest BCUT2D eigenvalue weighted by Gasteiger charge is -2.08. The third-order valence-electron chi connectivity index (χ3n) is 6.01. The zero-order valence-electron chi connectivity index (χ0n) is 18.3. The Morgan fingerprint density at radius 3 is 2.94 bits per heavy atom. The highest BCUT2D eigenvalue weighted by Gasteiger charge is 2.23. The molecule has 1 aromatic carbocycles. The van der Waals surface area contributed by atoms with E-state index in [4.69, 9.17) is 11.6 Å². The molecule has 0 unspecified atom stereocenters. The fourth-order valence-corrected chi connectivity index (χ4v) is 4.30. The molecule has 4 heterocycles. The van der Waals surface area contributed by atoms with Gasteiger partial charge in [-0.1, -0.05) is 17.7 Å². The number of amides is 1. The third kappa shape index (κ3) is 4.32. The number of hydrogen-bond donors (Lipinski definition) is 3. The van der Waals surface area contributed by atoms with Gasteiger partial charge in [-0.2, -0.15) is 5.10 Å². The predicted octanol–water partition coefficient (Wildman–Crippen LogP) is 4.93. The Bertz CT molecular complexity index is 1520. The van der Waals surface area contributed by atoms with Crippen LogP contribution in [0.25, 0.3) is 16.6 Å². The number of aromatic amines is 1. The topological polar surface area (TPSA) is 100 Å². The van der Waals surface area contributed by atoms with E-state index in [1.165, 1.54) is 18.4 Å². The van der Waals surface area contributed by atoms with Gasteiger partial charge in [0, 0.05) is 40.8 Å². The summed E-state index contributed by atoms with van der Waals surface area (Å²) in [5.74, 6) is 0.992. The van der Waals surface area contributed by atoms with Crippen LogP contribution in [0.3, 0.4) is 0 Å². The van der Waals surface area contributed by atoms with Crippen molar-refractivity contribution in [2.24, 2.45) is 0 Å². The highest BCUT2D eigenvalue weighted by molar-refractivity contribution is 6.31. The third-order valence-corrected chi connectivity index (χ3v) is 6.24. The maximum absolute atomic E-state index is 12.6. The number of H-pyrrole nitrogens is 1. The Morgan fingerprint density at radius 2 is 2.06 bits per heavy atom. The number of rotatable bonds is 7. The number of pyridine rings is 2. The first-order chi connectivity index (χ1) is 16.6. The second-order valence-electron chi connectivity index (χ2n) is 8.61. The summed E-state index contributed by atoms with van der Waals surface area (Å²) in [5, 5.41) is 14.8. The molecule has 6 rings (SSSR count). The molecular weight excluding hydrogens is 450 g/mol. The molecule has 0 bridgehead atoms. The van der Waals surface area contributed by atoms with Gasteiger partial charge in [-0.25, -0.2) is 9.97 Å². The number of anilines is 2. The van der Waals surface area contributed by atoms with Crippen LogP contribution in [0.2, 0.25) is 5.02 Å². The van der Waals surface area contributed by atoms with Crippen LogP contribution in [-0.2, 0) is 17.8 Å². The molecule has 4 aromatic heterocycles. The first-order valence-corrected chi connectivity index (χ1v) is 11.6. The summed E-state index contributed by atoms with van der Waals surface area (Å²) in [5.41, 5.74) is 5.59. The van der Waals surface area contributed by atoms with Crippen molar-refractivity contribution in [3.8, 4) is 0 Å². The van der Waals surface area contributed by atoms with Crippen molar-refractivity contribution in [3.63, 3.8) is 0 Å². The molecule has 0 spiro atoms. The second-order valence-corrected chi connectivity index (χ2v) is 9.04. The predicted molar refractivity (Wildman–Crippen MR) is 132 cm³/mol. The number of nitrogens with one attached hydrogen (secondary N) is 3. The van der Waals surface area contributed by atoms with Crippen LogP contribution in [0.4, 0.5) is 11.5 Å². The van der Waals surface area contributed by atoms with Crippen molar-refractivity contribution in [1.82, 2.24) is 24.6 Å². The monoisotopic (exact) mass is 471 g/mol. The van der Waals surface area contributed by atoms with Crippen molar-refractivity contribution < 1.29 is 4.79 Å². The molecule has 8 nitrogen and oxygen atoms in total. The highest BCUT2D eigenvalue weighted by atomic mass is 35.5. The summed E-state index contributed by atoms with van der Waals surface area (Å²) in [7, 11) is 0. The van der Waals surface area contributed by atoms with Crippen molar-refractivity contribution >= 4 is 45.6 Å². The first kappa shape index (κ1) is 20.7. The van der Waals surface area contributed by atoms with E-state index in [1.807, 2.05) is 12.1 Å². The molecule has 1 fully saturated rings. The molecule has 34 heavy (non-hydrogen) atoms. The van der Waals surface area contributed by atoms with Gasteiger partial charge in [0.1, 0.15) is 11.5 Å². The van der Waals surface area contributed by atoms with Crippen LogP contribution in [0, 0.1) is 0 Å². The van der Waals surface area contributed by atoms with Gasteiger partial charge in [0.15, 0.2) is 0 Å². The fraction of sp³-hybridized carbons (Fsp3) is 0.200. The first-order valence-electron chi connectivity index (χ1n) is 11.2. The maximum Gasteiger partial charge on any atom is 0.231 e. The van der Waals surface area contributed by atoms with Crippen LogP contribution in [-0.4, -0.2) is 30.5 Å². The van der Waals surface area contributed by atoms with E-state index in [2.05, 4.69) is 59.7 Å². The minimum absolute atomic E-state index is 0.139. The summed E-state index contributed by atoms with van der Waals surface area (Å²) in [6, 6.07) is 13.3. The molecule has 0 saturated heterocycles. The molecule has 0 aliphatic heterocycles. The minimum atomic E-state index is -0.193. The summed E-state index contributed by atoms with van der Waals surface area (Å²) in [6.07, 6.45) is 8.60. The van der Waals surface area contributed by atoms with E-state index in [0.717, 1.165) is 27.9 Å². The maximum atomic E-state index is 12.6. The van der Waals surface area contributed by atoms with Gasteiger partial charge < -0.3 is 15.0 Å². The molecule has 1 aliphatic carbocycles. The van der Waals surface area contributed by atoms with Gasteiger partial charge in [0.2, 0.25) is 5.91 Å². The van der Waals surface area contributed by atoms with Crippen molar-refractivity contribution in [3.05, 3.63) is 83.0 Å². The van der Waals surface area contributed by atoms with Gasteiger partial charge in [-0.05, 0) is 54.7 Å². The number of nitrogens with zero attached hydrogens (tertiary/aromatic N) is 4.